The fourth-order valence-electron chi connectivity index (χ4n) is 2.41. The van der Waals surface area contributed by atoms with Gasteiger partial charge in [-0.15, -0.1) is 0 Å². The van der Waals surface area contributed by atoms with Gasteiger partial charge in [-0.05, 0) is 48.4 Å². The van der Waals surface area contributed by atoms with E-state index in [1.807, 2.05) is 24.4 Å². The molecule has 0 atom stereocenters. The Morgan fingerprint density at radius 3 is 2.62 bits per heavy atom. The van der Waals surface area contributed by atoms with Crippen LogP contribution < -0.4 is 10.1 Å². The Morgan fingerprint density at radius 1 is 1.05 bits per heavy atom. The van der Waals surface area contributed by atoms with E-state index in [9.17, 15) is 0 Å². The second kappa shape index (κ2) is 5.83. The highest BCUT2D eigenvalue weighted by Gasteiger charge is 2.04. The molecule has 21 heavy (non-hydrogen) atoms. The summed E-state index contributed by atoms with van der Waals surface area (Å²) in [6.45, 7) is 2.86. The summed E-state index contributed by atoms with van der Waals surface area (Å²) in [6.07, 6.45) is 1.84. The van der Waals surface area contributed by atoms with Crippen molar-refractivity contribution < 1.29 is 4.74 Å². The van der Waals surface area contributed by atoms with E-state index in [4.69, 9.17) is 4.74 Å². The van der Waals surface area contributed by atoms with Gasteiger partial charge in [0.25, 0.3) is 0 Å². The van der Waals surface area contributed by atoms with Crippen molar-refractivity contribution >= 4 is 16.6 Å². The minimum atomic E-state index is 0.775. The molecule has 0 aliphatic carbocycles. The molecule has 0 radical (unpaired) electrons. The second-order valence-corrected chi connectivity index (χ2v) is 5.03. The maximum Gasteiger partial charge on any atom is 0.118 e. The number of fused-ring (bicyclic) bond motifs is 1. The van der Waals surface area contributed by atoms with Crippen molar-refractivity contribution in [1.82, 2.24) is 4.98 Å². The van der Waals surface area contributed by atoms with Gasteiger partial charge in [-0.1, -0.05) is 18.2 Å². The second-order valence-electron chi connectivity index (χ2n) is 5.03. The lowest BCUT2D eigenvalue weighted by Gasteiger charge is -2.11. The van der Waals surface area contributed by atoms with E-state index in [0.29, 0.717) is 0 Å². The molecule has 1 heterocycles. The third kappa shape index (κ3) is 2.82. The van der Waals surface area contributed by atoms with E-state index < -0.39 is 0 Å². The maximum absolute atomic E-state index is 5.17. The van der Waals surface area contributed by atoms with Gasteiger partial charge in [0.05, 0.1) is 12.6 Å². The fraction of sp³-hybridized carbons (Fsp3) is 0.167. The number of benzene rings is 2. The highest BCUT2D eigenvalue weighted by atomic mass is 16.5. The Hall–Kier alpha value is -2.55. The van der Waals surface area contributed by atoms with Crippen molar-refractivity contribution in [3.63, 3.8) is 0 Å². The van der Waals surface area contributed by atoms with E-state index in [1.54, 1.807) is 7.11 Å². The van der Waals surface area contributed by atoms with Gasteiger partial charge in [-0.2, -0.15) is 0 Å². The number of pyridine rings is 1. The molecule has 0 saturated heterocycles. The summed E-state index contributed by atoms with van der Waals surface area (Å²) in [4.78, 5) is 4.46. The quantitative estimate of drug-likeness (QED) is 0.778. The van der Waals surface area contributed by atoms with Crippen LogP contribution in [-0.4, -0.2) is 12.1 Å². The first-order valence-electron chi connectivity index (χ1n) is 6.99. The molecule has 3 aromatic rings. The van der Waals surface area contributed by atoms with Crippen LogP contribution in [0.3, 0.4) is 0 Å². The van der Waals surface area contributed by atoms with E-state index >= 15 is 0 Å². The Balaban J connectivity index is 1.83. The zero-order valence-electron chi connectivity index (χ0n) is 12.3. The third-order valence-corrected chi connectivity index (χ3v) is 3.61. The molecule has 0 aliphatic heterocycles. The third-order valence-electron chi connectivity index (χ3n) is 3.61. The lowest BCUT2D eigenvalue weighted by Crippen LogP contribution is -2.00. The number of hydrogen-bond donors (Lipinski definition) is 1. The number of aryl methyl sites for hydroxylation is 1. The molecule has 0 spiro atoms. The molecule has 0 fully saturated rings. The van der Waals surface area contributed by atoms with Gasteiger partial charge in [-0.25, -0.2) is 0 Å². The molecular weight excluding hydrogens is 260 g/mol. The summed E-state index contributed by atoms with van der Waals surface area (Å²) in [5.41, 5.74) is 4.57. The van der Waals surface area contributed by atoms with Gasteiger partial charge in [0.1, 0.15) is 5.75 Å². The van der Waals surface area contributed by atoms with Gasteiger partial charge in [0.15, 0.2) is 0 Å². The van der Waals surface area contributed by atoms with Gasteiger partial charge >= 0.3 is 0 Å². The first-order chi connectivity index (χ1) is 10.3. The number of nitrogens with zero attached hydrogens (tertiary/aromatic N) is 1. The van der Waals surface area contributed by atoms with Crippen molar-refractivity contribution in [3.8, 4) is 5.75 Å². The van der Waals surface area contributed by atoms with Crippen LogP contribution in [0.4, 0.5) is 5.69 Å². The molecule has 0 saturated carbocycles. The van der Waals surface area contributed by atoms with E-state index in [-0.39, 0.29) is 0 Å². The number of nitrogens with one attached hydrogen (secondary N) is 1. The summed E-state index contributed by atoms with van der Waals surface area (Å²) >= 11 is 0. The first-order valence-corrected chi connectivity index (χ1v) is 6.99. The van der Waals surface area contributed by atoms with Crippen LogP contribution >= 0.6 is 0 Å². The monoisotopic (exact) mass is 278 g/mol. The van der Waals surface area contributed by atoms with E-state index in [0.717, 1.165) is 28.9 Å². The number of rotatable bonds is 4. The molecule has 3 rings (SSSR count). The molecule has 3 nitrogen and oxygen atoms in total. The number of methoxy groups -OCH3 is 1. The number of hydrogen-bond acceptors (Lipinski definition) is 3. The molecular formula is C18H18N2O. The molecule has 0 amide bonds. The SMILES string of the molecule is COc1ccc(CNc2ccc(C)c3ncccc23)cc1. The summed E-state index contributed by atoms with van der Waals surface area (Å²) in [7, 11) is 1.68. The van der Waals surface area contributed by atoms with Crippen LogP contribution in [0.5, 0.6) is 5.75 Å². The van der Waals surface area contributed by atoms with Crippen LogP contribution in [0.2, 0.25) is 0 Å². The molecule has 2 aromatic carbocycles. The van der Waals surface area contributed by atoms with Crippen molar-refractivity contribution in [2.24, 2.45) is 0 Å². The topological polar surface area (TPSA) is 34.1 Å². The largest absolute Gasteiger partial charge is 0.497 e. The summed E-state index contributed by atoms with van der Waals surface area (Å²) in [6, 6.07) is 16.4. The van der Waals surface area contributed by atoms with Crippen LogP contribution in [0, 0.1) is 6.92 Å². The minimum Gasteiger partial charge on any atom is -0.497 e. The summed E-state index contributed by atoms with van der Waals surface area (Å²) < 4.78 is 5.17. The zero-order chi connectivity index (χ0) is 14.7. The maximum atomic E-state index is 5.17. The summed E-state index contributed by atoms with van der Waals surface area (Å²) in [5, 5.41) is 4.65. The lowest BCUT2D eigenvalue weighted by molar-refractivity contribution is 0.414. The normalized spacial score (nSPS) is 10.6. The number of ether oxygens (including phenoxy) is 1. The predicted octanol–water partition coefficient (Wildman–Crippen LogP) is 4.16. The molecule has 106 valence electrons. The van der Waals surface area contributed by atoms with Gasteiger partial charge in [-0.3, -0.25) is 4.98 Å². The Labute approximate surface area is 124 Å². The molecule has 3 heteroatoms. The average Bonchev–Trinajstić information content (AvgIpc) is 2.55. The van der Waals surface area contributed by atoms with Crippen molar-refractivity contribution in [2.75, 3.05) is 12.4 Å². The molecule has 0 bridgehead atoms. The first kappa shape index (κ1) is 13.4. The van der Waals surface area contributed by atoms with E-state index in [2.05, 4.69) is 47.6 Å². The lowest BCUT2D eigenvalue weighted by atomic mass is 10.1. The standard InChI is InChI=1S/C18H18N2O/c1-13-5-10-17(16-4-3-11-19-18(13)16)20-12-14-6-8-15(21-2)9-7-14/h3-11,20H,12H2,1-2H3. The van der Waals surface area contributed by atoms with Crippen molar-refractivity contribution in [3.05, 3.63) is 65.9 Å². The van der Waals surface area contributed by atoms with Crippen LogP contribution in [0.15, 0.2) is 54.7 Å². The van der Waals surface area contributed by atoms with Gasteiger partial charge in [0, 0.05) is 23.8 Å². The average molecular weight is 278 g/mol. The molecule has 1 aromatic heterocycles. The van der Waals surface area contributed by atoms with Gasteiger partial charge in [0.2, 0.25) is 0 Å². The zero-order valence-corrected chi connectivity index (χ0v) is 12.3. The number of aromatic nitrogens is 1. The predicted molar refractivity (Wildman–Crippen MR) is 86.8 cm³/mol. The minimum absolute atomic E-state index is 0.775. The Morgan fingerprint density at radius 2 is 1.86 bits per heavy atom. The molecule has 0 unspecified atom stereocenters. The smallest absolute Gasteiger partial charge is 0.118 e. The Kier molecular flexibility index (Phi) is 3.73. The van der Waals surface area contributed by atoms with Crippen LogP contribution in [-0.2, 0) is 6.54 Å². The highest BCUT2D eigenvalue weighted by Crippen LogP contribution is 2.25. The van der Waals surface area contributed by atoms with Crippen LogP contribution in [0.25, 0.3) is 10.9 Å². The Bertz CT molecular complexity index is 751. The molecule has 0 aliphatic rings. The summed E-state index contributed by atoms with van der Waals surface area (Å²) in [5.74, 6) is 0.878. The van der Waals surface area contributed by atoms with Gasteiger partial charge < -0.3 is 10.1 Å². The van der Waals surface area contributed by atoms with E-state index in [1.165, 1.54) is 11.1 Å². The fourth-order valence-corrected chi connectivity index (χ4v) is 2.41. The number of anilines is 1. The highest BCUT2D eigenvalue weighted by molar-refractivity contribution is 5.93. The van der Waals surface area contributed by atoms with Crippen LogP contribution in [0.1, 0.15) is 11.1 Å². The van der Waals surface area contributed by atoms with Crippen molar-refractivity contribution in [2.45, 2.75) is 13.5 Å². The van der Waals surface area contributed by atoms with Crippen molar-refractivity contribution in [1.29, 1.82) is 0 Å². The molecule has 1 N–H and O–H groups in total.